The lowest BCUT2D eigenvalue weighted by Crippen LogP contribution is -2.49. The third-order valence-electron chi connectivity index (χ3n) is 8.52. The maximum atomic E-state index is 13.7. The van der Waals surface area contributed by atoms with Gasteiger partial charge < -0.3 is 24.6 Å². The number of hydrogen-bond acceptors (Lipinski definition) is 5. The molecule has 2 aliphatic rings. The summed E-state index contributed by atoms with van der Waals surface area (Å²) in [5, 5.41) is 19.2. The van der Waals surface area contributed by atoms with Gasteiger partial charge in [0.15, 0.2) is 0 Å². The van der Waals surface area contributed by atoms with Crippen molar-refractivity contribution in [1.29, 1.82) is 0 Å². The second-order valence-electron chi connectivity index (χ2n) is 11.2. The Morgan fingerprint density at radius 3 is 2.72 bits per heavy atom. The Labute approximate surface area is 237 Å². The van der Waals surface area contributed by atoms with Gasteiger partial charge in [-0.2, -0.15) is 0 Å². The number of aryl methyl sites for hydroxylation is 2. The molecule has 0 saturated heterocycles. The number of benzene rings is 2. The molecule has 210 valence electrons. The van der Waals surface area contributed by atoms with Gasteiger partial charge in [-0.15, -0.1) is 0 Å². The van der Waals surface area contributed by atoms with Gasteiger partial charge in [-0.3, -0.25) is 4.79 Å². The summed E-state index contributed by atoms with van der Waals surface area (Å²) in [6.45, 7) is 4.39. The van der Waals surface area contributed by atoms with Gasteiger partial charge in [-0.25, -0.2) is 0 Å². The molecule has 0 bridgehead atoms. The minimum absolute atomic E-state index is 0.136. The maximum absolute atomic E-state index is 13.7. The number of rotatable bonds is 11. The van der Waals surface area contributed by atoms with E-state index in [-0.39, 0.29) is 5.91 Å². The standard InChI is InChI=1S/C32H44N4O2S/c1-3-36-22-25-15-17-39-35(2)28-19-26(20-29(36)31(25)28)32(38)34-27(18-24-12-8-5-9-13-24)30(37)21-33-16-14-23-10-6-4-7-11-23/h5,8-9,12-13,19-20,22-23,27,30,33,37H,3-4,6-7,10-11,14-18,21H2,1-2H3,(H,34,38)/t27-,30+/m0/s1. The van der Waals surface area contributed by atoms with E-state index in [2.05, 4.69) is 51.8 Å². The Balaban J connectivity index is 1.32. The molecule has 3 aromatic rings. The fourth-order valence-electron chi connectivity index (χ4n) is 6.26. The molecule has 2 aromatic carbocycles. The number of nitrogens with zero attached hydrogens (tertiary/aromatic N) is 2. The molecule has 2 heterocycles. The van der Waals surface area contributed by atoms with Crippen molar-refractivity contribution in [2.75, 3.05) is 30.2 Å². The van der Waals surface area contributed by atoms with Gasteiger partial charge in [-0.05, 0) is 73.9 Å². The highest BCUT2D eigenvalue weighted by molar-refractivity contribution is 8.00. The molecule has 0 radical (unpaired) electrons. The zero-order valence-electron chi connectivity index (χ0n) is 23.5. The minimum Gasteiger partial charge on any atom is -0.390 e. The number of aliphatic hydroxyl groups is 1. The zero-order chi connectivity index (χ0) is 27.2. The number of hydrogen-bond donors (Lipinski definition) is 3. The molecule has 2 atom stereocenters. The molecule has 7 heteroatoms. The van der Waals surface area contributed by atoms with Crippen molar-refractivity contribution in [2.24, 2.45) is 5.92 Å². The number of amides is 1. The monoisotopic (exact) mass is 548 g/mol. The lowest BCUT2D eigenvalue weighted by atomic mass is 9.87. The molecule has 0 spiro atoms. The summed E-state index contributed by atoms with van der Waals surface area (Å²) in [4.78, 5) is 13.7. The Morgan fingerprint density at radius 2 is 1.95 bits per heavy atom. The Bertz CT molecular complexity index is 1240. The summed E-state index contributed by atoms with van der Waals surface area (Å²) in [5.41, 5.74) is 5.29. The quantitative estimate of drug-likeness (QED) is 0.216. The fourth-order valence-corrected chi connectivity index (χ4v) is 7.13. The molecule has 1 saturated carbocycles. The molecular weight excluding hydrogens is 504 g/mol. The van der Waals surface area contributed by atoms with Crippen LogP contribution in [0.15, 0.2) is 48.7 Å². The number of aromatic nitrogens is 1. The van der Waals surface area contributed by atoms with Crippen molar-refractivity contribution in [3.63, 3.8) is 0 Å². The molecule has 0 unspecified atom stereocenters. The van der Waals surface area contributed by atoms with Crippen LogP contribution in [0.3, 0.4) is 0 Å². The first-order chi connectivity index (χ1) is 19.0. The van der Waals surface area contributed by atoms with Crippen LogP contribution in [0.2, 0.25) is 0 Å². The molecule has 39 heavy (non-hydrogen) atoms. The van der Waals surface area contributed by atoms with Gasteiger partial charge in [0.1, 0.15) is 0 Å². The third kappa shape index (κ3) is 6.82. The third-order valence-corrected chi connectivity index (χ3v) is 9.50. The molecule has 1 aliphatic carbocycles. The summed E-state index contributed by atoms with van der Waals surface area (Å²) in [6, 6.07) is 13.8. The van der Waals surface area contributed by atoms with Crippen LogP contribution in [0.1, 0.15) is 66.9 Å². The number of aliphatic hydroxyl groups excluding tert-OH is 1. The normalized spacial score (nSPS) is 17.7. The number of carbonyl (C=O) groups excluding carboxylic acids is 1. The minimum atomic E-state index is -0.685. The second-order valence-corrected chi connectivity index (χ2v) is 12.5. The first-order valence-electron chi connectivity index (χ1n) is 14.8. The summed E-state index contributed by atoms with van der Waals surface area (Å²) >= 11 is 1.79. The smallest absolute Gasteiger partial charge is 0.251 e. The van der Waals surface area contributed by atoms with Crippen molar-refractivity contribution < 1.29 is 9.90 Å². The molecule has 3 N–H and O–H groups in total. The van der Waals surface area contributed by atoms with Crippen molar-refractivity contribution in [3.8, 4) is 0 Å². The van der Waals surface area contributed by atoms with Gasteiger partial charge in [0.2, 0.25) is 0 Å². The average molecular weight is 549 g/mol. The Morgan fingerprint density at radius 1 is 1.15 bits per heavy atom. The van der Waals surface area contributed by atoms with Crippen LogP contribution in [0, 0.1) is 5.92 Å². The van der Waals surface area contributed by atoms with E-state index in [1.54, 1.807) is 11.9 Å². The molecule has 6 nitrogen and oxygen atoms in total. The molecule has 1 amide bonds. The average Bonchev–Trinajstić information content (AvgIpc) is 3.24. The van der Waals surface area contributed by atoms with Crippen LogP contribution < -0.4 is 14.9 Å². The van der Waals surface area contributed by atoms with Gasteiger partial charge in [0.25, 0.3) is 5.91 Å². The topological polar surface area (TPSA) is 69.5 Å². The van der Waals surface area contributed by atoms with E-state index in [4.69, 9.17) is 0 Å². The lowest BCUT2D eigenvalue weighted by Gasteiger charge is -2.26. The first kappa shape index (κ1) is 28.1. The fraction of sp³-hybridized carbons (Fsp3) is 0.531. The van der Waals surface area contributed by atoms with Crippen LogP contribution >= 0.6 is 11.9 Å². The van der Waals surface area contributed by atoms with E-state index >= 15 is 0 Å². The highest BCUT2D eigenvalue weighted by Gasteiger charge is 2.25. The van der Waals surface area contributed by atoms with E-state index in [1.807, 2.05) is 30.3 Å². The molecule has 1 fully saturated rings. The van der Waals surface area contributed by atoms with Crippen molar-refractivity contribution in [2.45, 2.75) is 77.0 Å². The van der Waals surface area contributed by atoms with Crippen LogP contribution in [0.5, 0.6) is 0 Å². The van der Waals surface area contributed by atoms with Crippen LogP contribution in [0.25, 0.3) is 10.9 Å². The molecular formula is C32H44N4O2S. The van der Waals surface area contributed by atoms with Crippen molar-refractivity contribution >= 4 is 34.4 Å². The van der Waals surface area contributed by atoms with E-state index in [0.717, 1.165) is 54.4 Å². The first-order valence-corrected chi connectivity index (χ1v) is 15.7. The molecule has 5 rings (SSSR count). The highest BCUT2D eigenvalue weighted by Crippen LogP contribution is 2.38. The maximum Gasteiger partial charge on any atom is 0.251 e. The Kier molecular flexibility index (Phi) is 9.53. The van der Waals surface area contributed by atoms with Gasteiger partial charge in [0, 0.05) is 43.0 Å². The largest absolute Gasteiger partial charge is 0.390 e. The second kappa shape index (κ2) is 13.2. The van der Waals surface area contributed by atoms with E-state index < -0.39 is 12.1 Å². The number of nitrogens with one attached hydrogen (secondary N) is 2. The van der Waals surface area contributed by atoms with E-state index in [9.17, 15) is 9.90 Å². The predicted molar refractivity (Wildman–Crippen MR) is 164 cm³/mol. The summed E-state index contributed by atoms with van der Waals surface area (Å²) in [6.07, 6.45) is 11.1. The van der Waals surface area contributed by atoms with Crippen LogP contribution in [0.4, 0.5) is 5.69 Å². The van der Waals surface area contributed by atoms with Crippen LogP contribution in [-0.2, 0) is 19.4 Å². The van der Waals surface area contributed by atoms with E-state index in [1.165, 1.54) is 43.1 Å². The highest BCUT2D eigenvalue weighted by atomic mass is 32.2. The lowest BCUT2D eigenvalue weighted by molar-refractivity contribution is 0.0830. The molecule has 1 aliphatic heterocycles. The van der Waals surface area contributed by atoms with Gasteiger partial charge >= 0.3 is 0 Å². The van der Waals surface area contributed by atoms with Gasteiger partial charge in [0.05, 0.1) is 23.3 Å². The SMILES string of the molecule is CCn1cc2c3c(cc(C(=O)N[C@@H](Cc4ccccc4)[C@H](O)CNCCC4CCCCC4)cc31)N(C)SCC2. The summed E-state index contributed by atoms with van der Waals surface area (Å²) in [7, 11) is 2.08. The van der Waals surface area contributed by atoms with Crippen molar-refractivity contribution in [1.82, 2.24) is 15.2 Å². The summed E-state index contributed by atoms with van der Waals surface area (Å²) in [5.74, 6) is 1.69. The van der Waals surface area contributed by atoms with Crippen LogP contribution in [-0.4, -0.2) is 53.6 Å². The van der Waals surface area contributed by atoms with E-state index in [0.29, 0.717) is 18.5 Å². The predicted octanol–water partition coefficient (Wildman–Crippen LogP) is 5.56. The Hall–Kier alpha value is -2.48. The molecule has 1 aromatic heterocycles. The zero-order valence-corrected chi connectivity index (χ0v) is 24.3. The number of anilines is 1. The summed E-state index contributed by atoms with van der Waals surface area (Å²) < 4.78 is 4.45. The number of carbonyl (C=O) groups is 1. The van der Waals surface area contributed by atoms with Gasteiger partial charge in [-0.1, -0.05) is 62.4 Å². The van der Waals surface area contributed by atoms with Crippen molar-refractivity contribution in [3.05, 3.63) is 65.4 Å².